The Morgan fingerprint density at radius 2 is 2.26 bits per heavy atom. The predicted octanol–water partition coefficient (Wildman–Crippen LogP) is 2.32. The zero-order chi connectivity index (χ0) is 13.8. The molecule has 0 radical (unpaired) electrons. The van der Waals surface area contributed by atoms with Crippen LogP contribution in [0.15, 0.2) is 22.9 Å². The van der Waals surface area contributed by atoms with Crippen LogP contribution in [0.5, 0.6) is 0 Å². The summed E-state index contributed by atoms with van der Waals surface area (Å²) in [6.45, 7) is 1.64. The SMILES string of the molecule is CC(CNC(=O)c1csc(-c2cccs2)n1)C(=O)O. The molecule has 0 aliphatic rings. The van der Waals surface area contributed by atoms with Crippen LogP contribution in [-0.2, 0) is 4.79 Å². The van der Waals surface area contributed by atoms with Crippen LogP contribution in [0, 0.1) is 5.92 Å². The van der Waals surface area contributed by atoms with Crippen LogP contribution in [0.1, 0.15) is 17.4 Å². The second-order valence-corrected chi connectivity index (χ2v) is 5.77. The van der Waals surface area contributed by atoms with Crippen molar-refractivity contribution in [2.24, 2.45) is 5.92 Å². The molecular weight excluding hydrogens is 284 g/mol. The largest absolute Gasteiger partial charge is 0.481 e. The van der Waals surface area contributed by atoms with Crippen LogP contribution in [0.3, 0.4) is 0 Å². The number of nitrogens with zero attached hydrogens (tertiary/aromatic N) is 1. The summed E-state index contributed by atoms with van der Waals surface area (Å²) in [6, 6.07) is 3.87. The van der Waals surface area contributed by atoms with Gasteiger partial charge in [0, 0.05) is 11.9 Å². The highest BCUT2D eigenvalue weighted by atomic mass is 32.1. The highest BCUT2D eigenvalue weighted by Crippen LogP contribution is 2.27. The number of carbonyl (C=O) groups is 2. The lowest BCUT2D eigenvalue weighted by molar-refractivity contribution is -0.140. The molecule has 5 nitrogen and oxygen atoms in total. The maximum Gasteiger partial charge on any atom is 0.308 e. The molecular formula is C12H12N2O3S2. The fraction of sp³-hybridized carbons (Fsp3) is 0.250. The topological polar surface area (TPSA) is 79.3 Å². The number of nitrogens with one attached hydrogen (secondary N) is 1. The van der Waals surface area contributed by atoms with Crippen LogP contribution in [0.4, 0.5) is 0 Å². The van der Waals surface area contributed by atoms with Gasteiger partial charge in [0.05, 0.1) is 10.8 Å². The van der Waals surface area contributed by atoms with Crippen molar-refractivity contribution >= 4 is 34.6 Å². The van der Waals surface area contributed by atoms with Gasteiger partial charge in [-0.2, -0.15) is 0 Å². The van der Waals surface area contributed by atoms with Crippen molar-refractivity contribution < 1.29 is 14.7 Å². The van der Waals surface area contributed by atoms with Gasteiger partial charge in [-0.25, -0.2) is 4.98 Å². The number of hydrogen-bond acceptors (Lipinski definition) is 5. The summed E-state index contributed by atoms with van der Waals surface area (Å²) in [6.07, 6.45) is 0. The monoisotopic (exact) mass is 296 g/mol. The maximum absolute atomic E-state index is 11.8. The average Bonchev–Trinajstić information content (AvgIpc) is 3.04. The fourth-order valence-electron chi connectivity index (χ4n) is 1.32. The number of amides is 1. The van der Waals surface area contributed by atoms with E-state index < -0.39 is 11.9 Å². The zero-order valence-electron chi connectivity index (χ0n) is 10.1. The van der Waals surface area contributed by atoms with Gasteiger partial charge < -0.3 is 10.4 Å². The van der Waals surface area contributed by atoms with Gasteiger partial charge in [0.25, 0.3) is 5.91 Å². The van der Waals surface area contributed by atoms with Crippen molar-refractivity contribution in [3.63, 3.8) is 0 Å². The summed E-state index contributed by atoms with van der Waals surface area (Å²) >= 11 is 2.96. The molecule has 2 N–H and O–H groups in total. The molecule has 19 heavy (non-hydrogen) atoms. The summed E-state index contributed by atoms with van der Waals surface area (Å²) in [7, 11) is 0. The first-order valence-corrected chi connectivity index (χ1v) is 7.34. The van der Waals surface area contributed by atoms with Gasteiger partial charge in [-0.3, -0.25) is 9.59 Å². The number of hydrogen-bond donors (Lipinski definition) is 2. The number of carbonyl (C=O) groups excluding carboxylic acids is 1. The van der Waals surface area contributed by atoms with E-state index in [1.165, 1.54) is 11.3 Å². The van der Waals surface area contributed by atoms with Crippen molar-refractivity contribution in [2.45, 2.75) is 6.92 Å². The van der Waals surface area contributed by atoms with Crippen LogP contribution >= 0.6 is 22.7 Å². The molecule has 0 aliphatic heterocycles. The van der Waals surface area contributed by atoms with Crippen molar-refractivity contribution in [3.8, 4) is 9.88 Å². The maximum atomic E-state index is 11.8. The molecule has 1 atom stereocenters. The molecule has 0 fully saturated rings. The lowest BCUT2D eigenvalue weighted by atomic mass is 10.2. The number of rotatable bonds is 5. The normalized spacial score (nSPS) is 12.1. The lowest BCUT2D eigenvalue weighted by Crippen LogP contribution is -2.31. The molecule has 2 aromatic heterocycles. The zero-order valence-corrected chi connectivity index (χ0v) is 11.8. The predicted molar refractivity (Wildman–Crippen MR) is 74.6 cm³/mol. The van der Waals surface area contributed by atoms with Crippen LogP contribution < -0.4 is 5.32 Å². The minimum absolute atomic E-state index is 0.0973. The third-order valence-corrected chi connectivity index (χ3v) is 4.34. The van der Waals surface area contributed by atoms with Crippen molar-refractivity contribution in [3.05, 3.63) is 28.6 Å². The molecule has 1 unspecified atom stereocenters. The van der Waals surface area contributed by atoms with E-state index in [2.05, 4.69) is 10.3 Å². The summed E-state index contributed by atoms with van der Waals surface area (Å²) < 4.78 is 0. The number of aliphatic carboxylic acids is 1. The Balaban J connectivity index is 1.99. The molecule has 2 rings (SSSR count). The first-order valence-electron chi connectivity index (χ1n) is 5.58. The molecule has 0 bridgehead atoms. The standard InChI is InChI=1S/C12H12N2O3S2/c1-7(12(16)17)5-13-10(15)8-6-19-11(14-8)9-3-2-4-18-9/h2-4,6-7H,5H2,1H3,(H,13,15)(H,16,17). The highest BCUT2D eigenvalue weighted by molar-refractivity contribution is 7.20. The van der Waals surface area contributed by atoms with Gasteiger partial charge in [0.1, 0.15) is 10.7 Å². The third-order valence-electron chi connectivity index (χ3n) is 2.46. The summed E-state index contributed by atoms with van der Waals surface area (Å²) in [4.78, 5) is 27.7. The van der Waals surface area contributed by atoms with E-state index in [9.17, 15) is 9.59 Å². The van der Waals surface area contributed by atoms with Gasteiger partial charge in [0.2, 0.25) is 0 Å². The first-order chi connectivity index (χ1) is 9.08. The molecule has 0 spiro atoms. The Kier molecular flexibility index (Phi) is 4.28. The molecule has 100 valence electrons. The molecule has 0 saturated heterocycles. The highest BCUT2D eigenvalue weighted by Gasteiger charge is 2.15. The minimum Gasteiger partial charge on any atom is -0.481 e. The summed E-state index contributed by atoms with van der Waals surface area (Å²) in [5, 5.41) is 15.7. The van der Waals surface area contributed by atoms with E-state index in [0.717, 1.165) is 9.88 Å². The van der Waals surface area contributed by atoms with E-state index in [4.69, 9.17) is 5.11 Å². The molecule has 7 heteroatoms. The average molecular weight is 296 g/mol. The summed E-state index contributed by atoms with van der Waals surface area (Å²) in [5.41, 5.74) is 0.325. The Labute approximate surface area is 117 Å². The molecule has 0 saturated carbocycles. The molecule has 2 aromatic rings. The Bertz CT molecular complexity index is 578. The quantitative estimate of drug-likeness (QED) is 0.887. The molecule has 2 heterocycles. The van der Waals surface area contributed by atoms with E-state index in [1.54, 1.807) is 23.6 Å². The third kappa shape index (κ3) is 3.39. The molecule has 0 aliphatic carbocycles. The van der Waals surface area contributed by atoms with E-state index in [1.807, 2.05) is 17.5 Å². The number of carboxylic acids is 1. The van der Waals surface area contributed by atoms with Crippen LogP contribution in [0.25, 0.3) is 9.88 Å². The van der Waals surface area contributed by atoms with Gasteiger partial charge in [-0.1, -0.05) is 13.0 Å². The van der Waals surface area contributed by atoms with E-state index in [0.29, 0.717) is 5.69 Å². The second kappa shape index (κ2) is 5.94. The Morgan fingerprint density at radius 3 is 2.89 bits per heavy atom. The Morgan fingerprint density at radius 1 is 1.47 bits per heavy atom. The van der Waals surface area contributed by atoms with Crippen molar-refractivity contribution in [2.75, 3.05) is 6.54 Å². The molecule has 1 amide bonds. The lowest BCUT2D eigenvalue weighted by Gasteiger charge is -2.06. The fourth-order valence-corrected chi connectivity index (χ4v) is 2.93. The van der Waals surface area contributed by atoms with Crippen LogP contribution in [-0.4, -0.2) is 28.5 Å². The molecule has 0 aromatic carbocycles. The Hall–Kier alpha value is -1.73. The second-order valence-electron chi connectivity index (χ2n) is 3.96. The van der Waals surface area contributed by atoms with Crippen LogP contribution in [0.2, 0.25) is 0 Å². The smallest absolute Gasteiger partial charge is 0.308 e. The number of thiophene rings is 1. The van der Waals surface area contributed by atoms with Gasteiger partial charge >= 0.3 is 5.97 Å². The van der Waals surface area contributed by atoms with Crippen molar-refractivity contribution in [1.82, 2.24) is 10.3 Å². The first kappa shape index (κ1) is 13.7. The van der Waals surface area contributed by atoms with Crippen molar-refractivity contribution in [1.29, 1.82) is 0 Å². The van der Waals surface area contributed by atoms with E-state index >= 15 is 0 Å². The van der Waals surface area contributed by atoms with Gasteiger partial charge in [-0.15, -0.1) is 22.7 Å². The van der Waals surface area contributed by atoms with E-state index in [-0.39, 0.29) is 12.5 Å². The number of thiazole rings is 1. The van der Waals surface area contributed by atoms with Gasteiger partial charge in [-0.05, 0) is 11.4 Å². The van der Waals surface area contributed by atoms with Gasteiger partial charge in [0.15, 0.2) is 0 Å². The number of aromatic nitrogens is 1. The number of carboxylic acid groups (broad SMARTS) is 1. The summed E-state index contributed by atoms with van der Waals surface area (Å²) in [5.74, 6) is -1.88. The minimum atomic E-state index is -0.933.